The highest BCUT2D eigenvalue weighted by Crippen LogP contribution is 2.30. The van der Waals surface area contributed by atoms with Gasteiger partial charge in [0.1, 0.15) is 0 Å². The van der Waals surface area contributed by atoms with Crippen LogP contribution in [0, 0.1) is 0 Å². The van der Waals surface area contributed by atoms with Crippen molar-refractivity contribution < 1.29 is 9.90 Å². The second-order valence-corrected chi connectivity index (χ2v) is 5.68. The van der Waals surface area contributed by atoms with E-state index in [2.05, 4.69) is 27.8 Å². The average molecular weight is 317 g/mol. The molecule has 5 nitrogen and oxygen atoms in total. The van der Waals surface area contributed by atoms with Crippen LogP contribution < -0.4 is 0 Å². The largest absolute Gasteiger partial charge is 0.478 e. The molecule has 0 aliphatic carbocycles. The van der Waals surface area contributed by atoms with Crippen LogP contribution >= 0.6 is 0 Å². The number of aryl methyl sites for hydroxylation is 1. The van der Waals surface area contributed by atoms with E-state index in [0.717, 1.165) is 39.1 Å². The molecule has 0 unspecified atom stereocenters. The lowest BCUT2D eigenvalue weighted by Crippen LogP contribution is -1.90. The molecule has 0 atom stereocenters. The molecule has 4 rings (SSSR count). The van der Waals surface area contributed by atoms with Gasteiger partial charge in [0, 0.05) is 53.0 Å². The van der Waals surface area contributed by atoms with Crippen LogP contribution in [0.2, 0.25) is 0 Å². The molecular weight excluding hydrogens is 302 g/mol. The smallest absolute Gasteiger partial charge is 0.328 e. The van der Waals surface area contributed by atoms with Crippen molar-refractivity contribution in [2.24, 2.45) is 7.05 Å². The van der Waals surface area contributed by atoms with E-state index in [-0.39, 0.29) is 0 Å². The quantitative estimate of drug-likeness (QED) is 0.587. The molecule has 2 aromatic heterocycles. The summed E-state index contributed by atoms with van der Waals surface area (Å²) in [5, 5.41) is 11.1. The summed E-state index contributed by atoms with van der Waals surface area (Å²) in [6, 6.07) is 12.3. The Bertz CT molecular complexity index is 1090. The molecule has 1 N–H and O–H groups in total. The standard InChI is InChI=1S/C19H15N3O2/c1-21-17-6-4-14(22-9-8-20-12-22)11-16(17)15-5-2-13(10-18(15)21)3-7-19(23)24/h2-12H,1H3,(H,23,24)/b7-3+. The van der Waals surface area contributed by atoms with Gasteiger partial charge in [-0.1, -0.05) is 12.1 Å². The molecule has 0 radical (unpaired) electrons. The lowest BCUT2D eigenvalue weighted by Gasteiger charge is -2.03. The van der Waals surface area contributed by atoms with Crippen LogP contribution in [0.1, 0.15) is 5.56 Å². The molecule has 0 fully saturated rings. The van der Waals surface area contributed by atoms with E-state index < -0.39 is 5.97 Å². The number of nitrogens with zero attached hydrogens (tertiary/aromatic N) is 3. The normalized spacial score (nSPS) is 11.7. The van der Waals surface area contributed by atoms with E-state index in [1.807, 2.05) is 36.0 Å². The number of hydrogen-bond acceptors (Lipinski definition) is 2. The Labute approximate surface area is 138 Å². The van der Waals surface area contributed by atoms with Gasteiger partial charge in [-0.2, -0.15) is 0 Å². The number of aromatic nitrogens is 3. The van der Waals surface area contributed by atoms with Gasteiger partial charge in [-0.15, -0.1) is 0 Å². The van der Waals surface area contributed by atoms with Crippen molar-refractivity contribution in [2.75, 3.05) is 0 Å². The minimum atomic E-state index is -0.947. The molecule has 0 spiro atoms. The summed E-state index contributed by atoms with van der Waals surface area (Å²) in [5.74, 6) is -0.947. The van der Waals surface area contributed by atoms with Crippen molar-refractivity contribution >= 4 is 33.9 Å². The molecular formula is C19H15N3O2. The lowest BCUT2D eigenvalue weighted by molar-refractivity contribution is -0.131. The van der Waals surface area contributed by atoms with Crippen LogP contribution in [0.3, 0.4) is 0 Å². The predicted molar refractivity (Wildman–Crippen MR) is 94.2 cm³/mol. The van der Waals surface area contributed by atoms with Gasteiger partial charge in [-0.25, -0.2) is 9.78 Å². The molecule has 0 bridgehead atoms. The number of rotatable bonds is 3. The van der Waals surface area contributed by atoms with Crippen molar-refractivity contribution in [2.45, 2.75) is 0 Å². The second kappa shape index (κ2) is 5.38. The zero-order valence-electron chi connectivity index (χ0n) is 13.0. The SMILES string of the molecule is Cn1c2ccc(-n3ccnc3)cc2c2ccc(/C=C/C(=O)O)cc21. The second-order valence-electron chi connectivity index (χ2n) is 5.68. The number of carbonyl (C=O) groups is 1. The molecule has 2 aromatic carbocycles. The third-order valence-electron chi connectivity index (χ3n) is 4.24. The highest BCUT2D eigenvalue weighted by atomic mass is 16.4. The molecule has 0 aliphatic rings. The Morgan fingerprint density at radius 2 is 2.00 bits per heavy atom. The zero-order valence-corrected chi connectivity index (χ0v) is 13.0. The Balaban J connectivity index is 1.92. The summed E-state index contributed by atoms with van der Waals surface area (Å²) >= 11 is 0. The lowest BCUT2D eigenvalue weighted by atomic mass is 10.1. The van der Waals surface area contributed by atoms with Gasteiger partial charge < -0.3 is 14.2 Å². The molecule has 24 heavy (non-hydrogen) atoms. The van der Waals surface area contributed by atoms with Crippen molar-refractivity contribution in [1.29, 1.82) is 0 Å². The summed E-state index contributed by atoms with van der Waals surface area (Å²) < 4.78 is 4.10. The minimum absolute atomic E-state index is 0.866. The fourth-order valence-corrected chi connectivity index (χ4v) is 3.06. The van der Waals surface area contributed by atoms with E-state index in [9.17, 15) is 4.79 Å². The van der Waals surface area contributed by atoms with E-state index >= 15 is 0 Å². The first-order valence-electron chi connectivity index (χ1n) is 7.55. The van der Waals surface area contributed by atoms with Crippen molar-refractivity contribution in [3.63, 3.8) is 0 Å². The van der Waals surface area contributed by atoms with Crippen molar-refractivity contribution in [3.05, 3.63) is 66.8 Å². The summed E-state index contributed by atoms with van der Waals surface area (Å²) in [6.07, 6.45) is 8.22. The van der Waals surface area contributed by atoms with Gasteiger partial charge in [0.05, 0.1) is 6.33 Å². The number of aliphatic carboxylic acids is 1. The van der Waals surface area contributed by atoms with Gasteiger partial charge in [0.15, 0.2) is 0 Å². The summed E-state index contributed by atoms with van der Waals surface area (Å²) in [6.45, 7) is 0. The van der Waals surface area contributed by atoms with Gasteiger partial charge in [-0.3, -0.25) is 0 Å². The zero-order chi connectivity index (χ0) is 16.7. The van der Waals surface area contributed by atoms with Crippen LogP contribution in [0.25, 0.3) is 33.6 Å². The average Bonchev–Trinajstić information content (AvgIpc) is 3.21. The number of imidazole rings is 1. The highest BCUT2D eigenvalue weighted by Gasteiger charge is 2.09. The first-order chi connectivity index (χ1) is 11.6. The van der Waals surface area contributed by atoms with Crippen LogP contribution in [0.4, 0.5) is 0 Å². The Morgan fingerprint density at radius 3 is 2.75 bits per heavy atom. The fraction of sp³-hybridized carbons (Fsp3) is 0.0526. The van der Waals surface area contributed by atoms with Gasteiger partial charge in [0.25, 0.3) is 0 Å². The monoisotopic (exact) mass is 317 g/mol. The van der Waals surface area contributed by atoms with E-state index in [0.29, 0.717) is 0 Å². The summed E-state index contributed by atoms with van der Waals surface area (Å²) in [5.41, 5.74) is 4.13. The number of carboxylic acid groups (broad SMARTS) is 1. The van der Waals surface area contributed by atoms with Gasteiger partial charge in [-0.05, 0) is 35.9 Å². The maximum absolute atomic E-state index is 10.7. The molecule has 118 valence electrons. The Hall–Kier alpha value is -3.34. The predicted octanol–water partition coefficient (Wildman–Crippen LogP) is 3.62. The van der Waals surface area contributed by atoms with Crippen molar-refractivity contribution in [3.8, 4) is 5.69 Å². The molecule has 4 aromatic rings. The molecule has 2 heterocycles. The maximum atomic E-state index is 10.7. The Morgan fingerprint density at radius 1 is 1.12 bits per heavy atom. The number of carboxylic acids is 1. The van der Waals surface area contributed by atoms with E-state index in [1.54, 1.807) is 18.6 Å². The minimum Gasteiger partial charge on any atom is -0.478 e. The van der Waals surface area contributed by atoms with Crippen molar-refractivity contribution in [1.82, 2.24) is 14.1 Å². The summed E-state index contributed by atoms with van der Waals surface area (Å²) in [7, 11) is 2.02. The Kier molecular flexibility index (Phi) is 3.20. The topological polar surface area (TPSA) is 60.0 Å². The van der Waals surface area contributed by atoms with Crippen LogP contribution in [0.5, 0.6) is 0 Å². The highest BCUT2D eigenvalue weighted by molar-refractivity contribution is 6.09. The van der Waals surface area contributed by atoms with Crippen LogP contribution in [0.15, 0.2) is 61.2 Å². The van der Waals surface area contributed by atoms with E-state index in [4.69, 9.17) is 5.11 Å². The number of hydrogen-bond donors (Lipinski definition) is 1. The maximum Gasteiger partial charge on any atom is 0.328 e. The number of benzene rings is 2. The fourth-order valence-electron chi connectivity index (χ4n) is 3.06. The number of fused-ring (bicyclic) bond motifs is 3. The van der Waals surface area contributed by atoms with Crippen LogP contribution in [-0.2, 0) is 11.8 Å². The van der Waals surface area contributed by atoms with Gasteiger partial charge in [0.2, 0.25) is 0 Å². The first-order valence-corrected chi connectivity index (χ1v) is 7.55. The van der Waals surface area contributed by atoms with E-state index in [1.165, 1.54) is 0 Å². The molecule has 0 amide bonds. The molecule has 0 saturated carbocycles. The summed E-state index contributed by atoms with van der Waals surface area (Å²) in [4.78, 5) is 14.8. The first kappa shape index (κ1) is 14.3. The molecule has 0 saturated heterocycles. The molecule has 5 heteroatoms. The van der Waals surface area contributed by atoms with Crippen LogP contribution in [-0.4, -0.2) is 25.2 Å². The third-order valence-corrected chi connectivity index (χ3v) is 4.24. The van der Waals surface area contributed by atoms with Gasteiger partial charge >= 0.3 is 5.97 Å². The molecule has 0 aliphatic heterocycles. The third kappa shape index (κ3) is 2.27.